The quantitative estimate of drug-likeness (QED) is 0.865. The van der Waals surface area contributed by atoms with Gasteiger partial charge in [0.2, 0.25) is 0 Å². The van der Waals surface area contributed by atoms with Crippen LogP contribution in [0.15, 0.2) is 29.2 Å². The standard InChI is InChI=1S/C17H27N3O2/c1-11-9-20(12(2)19-16(11)18)14-8-17(10-21-3)7-5-6-13(14)15(17)22-4/h9,13-15H,2,5-8,10H2,1,3-4H3,(H2,18,19)/t13?,14-,15?,17-/m1/s1. The van der Waals surface area contributed by atoms with Crippen LogP contribution in [0.5, 0.6) is 0 Å². The third kappa shape index (κ3) is 2.27. The van der Waals surface area contributed by atoms with Crippen LogP contribution < -0.4 is 5.73 Å². The van der Waals surface area contributed by atoms with Crippen LogP contribution in [0.2, 0.25) is 0 Å². The summed E-state index contributed by atoms with van der Waals surface area (Å²) in [6.45, 7) is 6.86. The Morgan fingerprint density at radius 1 is 1.50 bits per heavy atom. The Kier molecular flexibility index (Phi) is 4.03. The average Bonchev–Trinajstić information content (AvgIpc) is 2.65. The minimum Gasteiger partial charge on any atom is -0.384 e. The molecule has 0 aromatic carbocycles. The van der Waals surface area contributed by atoms with Gasteiger partial charge in [0.15, 0.2) is 0 Å². The second kappa shape index (κ2) is 5.70. The van der Waals surface area contributed by atoms with Gasteiger partial charge in [-0.05, 0) is 26.2 Å². The fraction of sp³-hybridized carbons (Fsp3) is 0.706. The van der Waals surface area contributed by atoms with E-state index in [1.54, 1.807) is 7.11 Å². The zero-order valence-electron chi connectivity index (χ0n) is 13.8. The van der Waals surface area contributed by atoms with Gasteiger partial charge in [-0.2, -0.15) is 0 Å². The van der Waals surface area contributed by atoms with E-state index in [1.165, 1.54) is 19.3 Å². The molecule has 0 saturated heterocycles. The zero-order valence-corrected chi connectivity index (χ0v) is 13.8. The minimum atomic E-state index is 0.117. The molecule has 3 aliphatic rings. The molecule has 0 radical (unpaired) electrons. The SMILES string of the molecule is C=C1N=C(N)C(C)=CN1[C@@H]1C[C@@]2(COC)CCCC1C2OC. The number of aliphatic imine (C=N–C) groups is 1. The predicted molar refractivity (Wildman–Crippen MR) is 87.2 cm³/mol. The maximum absolute atomic E-state index is 5.92. The van der Waals surface area contributed by atoms with Crippen LogP contribution in [-0.4, -0.2) is 43.7 Å². The lowest BCUT2D eigenvalue weighted by Gasteiger charge is -2.40. The van der Waals surface area contributed by atoms with E-state index < -0.39 is 0 Å². The van der Waals surface area contributed by atoms with E-state index in [0.29, 0.717) is 17.8 Å². The summed E-state index contributed by atoms with van der Waals surface area (Å²) in [5, 5.41) is 0. The van der Waals surface area contributed by atoms with Crippen LogP contribution in [0.1, 0.15) is 32.6 Å². The first-order valence-corrected chi connectivity index (χ1v) is 8.04. The highest BCUT2D eigenvalue weighted by atomic mass is 16.5. The van der Waals surface area contributed by atoms with Crippen molar-refractivity contribution in [3.8, 4) is 0 Å². The lowest BCUT2D eigenvalue weighted by atomic mass is 9.74. The molecule has 2 unspecified atom stereocenters. The predicted octanol–water partition coefficient (Wildman–Crippen LogP) is 2.25. The summed E-state index contributed by atoms with van der Waals surface area (Å²) >= 11 is 0. The molecular formula is C17H27N3O2. The van der Waals surface area contributed by atoms with Crippen molar-refractivity contribution in [1.29, 1.82) is 0 Å². The Balaban J connectivity index is 1.91. The summed E-state index contributed by atoms with van der Waals surface area (Å²) in [5.74, 6) is 1.80. The number of hydrogen-bond acceptors (Lipinski definition) is 5. The van der Waals surface area contributed by atoms with E-state index in [1.807, 2.05) is 14.0 Å². The number of hydrogen-bond donors (Lipinski definition) is 1. The largest absolute Gasteiger partial charge is 0.384 e. The number of methoxy groups -OCH3 is 2. The Bertz CT molecular complexity index is 524. The number of ether oxygens (including phenoxy) is 2. The Morgan fingerprint density at radius 3 is 2.95 bits per heavy atom. The number of fused-ring (bicyclic) bond motifs is 2. The highest BCUT2D eigenvalue weighted by molar-refractivity contribution is 5.97. The summed E-state index contributed by atoms with van der Waals surface area (Å²) in [5.41, 5.74) is 7.03. The van der Waals surface area contributed by atoms with Gasteiger partial charge in [-0.25, -0.2) is 4.99 Å². The van der Waals surface area contributed by atoms with Gasteiger partial charge in [-0.1, -0.05) is 13.0 Å². The molecule has 2 bridgehead atoms. The molecule has 0 aromatic heterocycles. The van der Waals surface area contributed by atoms with Crippen molar-refractivity contribution in [3.63, 3.8) is 0 Å². The fourth-order valence-corrected chi connectivity index (χ4v) is 4.77. The smallest absolute Gasteiger partial charge is 0.130 e. The van der Waals surface area contributed by atoms with Crippen LogP contribution >= 0.6 is 0 Å². The van der Waals surface area contributed by atoms with Crippen LogP contribution in [0, 0.1) is 11.3 Å². The summed E-state index contributed by atoms with van der Waals surface area (Å²) in [6.07, 6.45) is 6.99. The van der Waals surface area contributed by atoms with Crippen molar-refractivity contribution >= 4 is 5.84 Å². The van der Waals surface area contributed by atoms with Crippen molar-refractivity contribution in [3.05, 3.63) is 24.2 Å². The van der Waals surface area contributed by atoms with Gasteiger partial charge in [0.25, 0.3) is 0 Å². The molecule has 0 spiro atoms. The van der Waals surface area contributed by atoms with E-state index in [9.17, 15) is 0 Å². The third-order valence-electron chi connectivity index (χ3n) is 5.64. The maximum atomic E-state index is 5.92. The van der Waals surface area contributed by atoms with Gasteiger partial charge >= 0.3 is 0 Å². The Labute approximate surface area is 132 Å². The van der Waals surface area contributed by atoms with Crippen molar-refractivity contribution < 1.29 is 9.47 Å². The van der Waals surface area contributed by atoms with E-state index in [-0.39, 0.29) is 11.5 Å². The molecule has 1 aliphatic heterocycles. The van der Waals surface area contributed by atoms with Crippen LogP contribution in [0.25, 0.3) is 0 Å². The number of nitrogens with zero attached hydrogens (tertiary/aromatic N) is 2. The summed E-state index contributed by atoms with van der Waals surface area (Å²) in [6, 6.07) is 0.363. The van der Waals surface area contributed by atoms with Gasteiger partial charge in [-0.3, -0.25) is 0 Å². The molecule has 5 heteroatoms. The summed E-state index contributed by atoms with van der Waals surface area (Å²) < 4.78 is 11.5. The first kappa shape index (κ1) is 15.6. The molecule has 2 fully saturated rings. The van der Waals surface area contributed by atoms with E-state index in [4.69, 9.17) is 15.2 Å². The normalized spacial score (nSPS) is 38.0. The Hall–Kier alpha value is -1.33. The molecule has 122 valence electrons. The first-order chi connectivity index (χ1) is 10.5. The van der Waals surface area contributed by atoms with Gasteiger partial charge in [-0.15, -0.1) is 0 Å². The molecule has 2 aliphatic carbocycles. The lowest BCUT2D eigenvalue weighted by molar-refractivity contribution is -0.0756. The third-order valence-corrected chi connectivity index (χ3v) is 5.64. The highest BCUT2D eigenvalue weighted by Gasteiger charge is 2.57. The second-order valence-corrected chi connectivity index (χ2v) is 6.91. The van der Waals surface area contributed by atoms with Crippen LogP contribution in [-0.2, 0) is 9.47 Å². The lowest BCUT2D eigenvalue weighted by Crippen LogP contribution is -2.43. The molecule has 0 aromatic rings. The topological polar surface area (TPSA) is 60.1 Å². The second-order valence-electron chi connectivity index (χ2n) is 6.91. The number of amidine groups is 1. The zero-order chi connectivity index (χ0) is 15.9. The molecule has 22 heavy (non-hydrogen) atoms. The van der Waals surface area contributed by atoms with Gasteiger partial charge in [0.1, 0.15) is 11.7 Å². The Morgan fingerprint density at radius 2 is 2.27 bits per heavy atom. The van der Waals surface area contributed by atoms with E-state index in [0.717, 1.165) is 24.4 Å². The molecular weight excluding hydrogens is 278 g/mol. The molecule has 3 rings (SSSR count). The molecule has 1 heterocycles. The molecule has 2 saturated carbocycles. The van der Waals surface area contributed by atoms with Crippen molar-refractivity contribution in [2.24, 2.45) is 22.1 Å². The molecule has 4 atom stereocenters. The monoisotopic (exact) mass is 305 g/mol. The van der Waals surface area contributed by atoms with Gasteiger partial charge in [0.05, 0.1) is 12.7 Å². The summed E-state index contributed by atoms with van der Waals surface area (Å²) in [4.78, 5) is 6.62. The van der Waals surface area contributed by atoms with Gasteiger partial charge in [0, 0.05) is 43.4 Å². The molecule has 0 amide bonds. The van der Waals surface area contributed by atoms with Crippen LogP contribution in [0.4, 0.5) is 0 Å². The maximum Gasteiger partial charge on any atom is 0.130 e. The van der Waals surface area contributed by atoms with Crippen molar-refractivity contribution in [2.75, 3.05) is 20.8 Å². The number of rotatable bonds is 4. The fourth-order valence-electron chi connectivity index (χ4n) is 4.77. The molecule has 5 nitrogen and oxygen atoms in total. The van der Waals surface area contributed by atoms with Crippen LogP contribution in [0.3, 0.4) is 0 Å². The first-order valence-electron chi connectivity index (χ1n) is 8.04. The van der Waals surface area contributed by atoms with Crippen molar-refractivity contribution in [2.45, 2.75) is 44.8 Å². The van der Waals surface area contributed by atoms with E-state index in [2.05, 4.69) is 22.7 Å². The van der Waals surface area contributed by atoms with Gasteiger partial charge < -0.3 is 20.1 Å². The van der Waals surface area contributed by atoms with E-state index >= 15 is 0 Å². The average molecular weight is 305 g/mol. The van der Waals surface area contributed by atoms with Crippen molar-refractivity contribution in [1.82, 2.24) is 4.90 Å². The molecule has 2 N–H and O–H groups in total. The highest BCUT2D eigenvalue weighted by Crippen LogP contribution is 2.55. The number of nitrogens with two attached hydrogens (primary N) is 1. The minimum absolute atomic E-state index is 0.117. The summed E-state index contributed by atoms with van der Waals surface area (Å²) in [7, 11) is 3.62.